The standard InChI is InChI=1S/C18H28N2/c1-3-15-9-10-18(17-8-6-5-7-16(15)17)20-13-11-19(4-2)12-14-20/h9-10H,3-8,11-14H2,1-2H3. The molecule has 3 rings (SSSR count). The molecule has 0 bridgehead atoms. The van der Waals surface area contributed by atoms with Crippen LogP contribution in [0.15, 0.2) is 12.1 Å². The van der Waals surface area contributed by atoms with E-state index in [-0.39, 0.29) is 0 Å². The lowest BCUT2D eigenvalue weighted by Crippen LogP contribution is -2.46. The molecule has 0 N–H and O–H groups in total. The first-order chi connectivity index (χ1) is 9.83. The molecule has 0 saturated carbocycles. The van der Waals surface area contributed by atoms with Gasteiger partial charge in [-0.15, -0.1) is 0 Å². The Balaban J connectivity index is 1.87. The first-order valence-corrected chi connectivity index (χ1v) is 8.44. The number of fused-ring (bicyclic) bond motifs is 1. The number of likely N-dealkylation sites (N-methyl/N-ethyl adjacent to an activating group) is 1. The topological polar surface area (TPSA) is 6.48 Å². The van der Waals surface area contributed by atoms with E-state index >= 15 is 0 Å². The van der Waals surface area contributed by atoms with E-state index in [1.165, 1.54) is 64.8 Å². The molecular formula is C18H28N2. The number of anilines is 1. The summed E-state index contributed by atoms with van der Waals surface area (Å²) >= 11 is 0. The average Bonchev–Trinajstić information content (AvgIpc) is 2.54. The summed E-state index contributed by atoms with van der Waals surface area (Å²) in [7, 11) is 0. The Kier molecular flexibility index (Phi) is 4.30. The fourth-order valence-corrected chi connectivity index (χ4v) is 3.86. The molecule has 1 heterocycles. The molecule has 1 fully saturated rings. The van der Waals surface area contributed by atoms with Gasteiger partial charge in [-0.1, -0.05) is 19.9 Å². The van der Waals surface area contributed by atoms with Gasteiger partial charge in [0.25, 0.3) is 0 Å². The highest BCUT2D eigenvalue weighted by Crippen LogP contribution is 2.33. The van der Waals surface area contributed by atoms with Gasteiger partial charge in [-0.3, -0.25) is 0 Å². The van der Waals surface area contributed by atoms with Crippen LogP contribution in [0.2, 0.25) is 0 Å². The number of rotatable bonds is 3. The SMILES string of the molecule is CCc1ccc(N2CCN(CC)CC2)c2c1CCCC2. The van der Waals surface area contributed by atoms with E-state index in [1.807, 2.05) is 0 Å². The molecule has 110 valence electrons. The molecule has 2 aliphatic rings. The Morgan fingerprint density at radius 1 is 0.900 bits per heavy atom. The first kappa shape index (κ1) is 13.9. The third-order valence-electron chi connectivity index (χ3n) is 5.15. The van der Waals surface area contributed by atoms with E-state index in [0.717, 1.165) is 0 Å². The monoisotopic (exact) mass is 272 g/mol. The third kappa shape index (κ3) is 2.58. The van der Waals surface area contributed by atoms with Gasteiger partial charge in [0.05, 0.1) is 0 Å². The predicted octanol–water partition coefficient (Wildman–Crippen LogP) is 3.27. The average molecular weight is 272 g/mol. The summed E-state index contributed by atoms with van der Waals surface area (Å²) in [6.45, 7) is 10.6. The number of hydrogen-bond donors (Lipinski definition) is 0. The van der Waals surface area contributed by atoms with E-state index in [4.69, 9.17) is 0 Å². The van der Waals surface area contributed by atoms with Crippen LogP contribution in [0.1, 0.15) is 43.4 Å². The van der Waals surface area contributed by atoms with Gasteiger partial charge in [-0.25, -0.2) is 0 Å². The van der Waals surface area contributed by atoms with Gasteiger partial charge in [0.1, 0.15) is 0 Å². The largest absolute Gasteiger partial charge is 0.369 e. The van der Waals surface area contributed by atoms with Crippen molar-refractivity contribution in [3.8, 4) is 0 Å². The summed E-state index contributed by atoms with van der Waals surface area (Å²) in [5, 5.41) is 0. The minimum atomic E-state index is 1.19. The Bertz CT molecular complexity index is 459. The van der Waals surface area contributed by atoms with Crippen molar-refractivity contribution in [2.45, 2.75) is 46.0 Å². The zero-order valence-corrected chi connectivity index (χ0v) is 13.1. The molecule has 1 aromatic rings. The highest BCUT2D eigenvalue weighted by atomic mass is 15.3. The maximum atomic E-state index is 2.63. The molecule has 0 unspecified atom stereocenters. The van der Waals surface area contributed by atoms with Gasteiger partial charge in [-0.05, 0) is 61.4 Å². The molecule has 1 aromatic carbocycles. The molecule has 20 heavy (non-hydrogen) atoms. The number of piperazine rings is 1. The molecule has 0 aromatic heterocycles. The summed E-state index contributed by atoms with van der Waals surface area (Å²) in [5.41, 5.74) is 6.51. The second-order valence-electron chi connectivity index (χ2n) is 6.18. The number of hydrogen-bond acceptors (Lipinski definition) is 2. The van der Waals surface area contributed by atoms with Crippen LogP contribution in [0.25, 0.3) is 0 Å². The zero-order valence-electron chi connectivity index (χ0n) is 13.1. The molecule has 1 aliphatic heterocycles. The highest BCUT2D eigenvalue weighted by Gasteiger charge is 2.22. The normalized spacial score (nSPS) is 20.0. The molecule has 0 radical (unpaired) electrons. The number of benzene rings is 1. The van der Waals surface area contributed by atoms with Crippen molar-refractivity contribution in [1.82, 2.24) is 4.90 Å². The lowest BCUT2D eigenvalue weighted by Gasteiger charge is -2.38. The van der Waals surface area contributed by atoms with Crippen molar-refractivity contribution in [1.29, 1.82) is 0 Å². The molecule has 1 aliphatic carbocycles. The fourth-order valence-electron chi connectivity index (χ4n) is 3.86. The third-order valence-corrected chi connectivity index (χ3v) is 5.15. The Morgan fingerprint density at radius 2 is 1.60 bits per heavy atom. The summed E-state index contributed by atoms with van der Waals surface area (Å²) in [6.07, 6.45) is 6.55. The van der Waals surface area contributed by atoms with E-state index in [0.29, 0.717) is 0 Å². The second kappa shape index (κ2) is 6.17. The van der Waals surface area contributed by atoms with Crippen LogP contribution in [0.5, 0.6) is 0 Å². The van der Waals surface area contributed by atoms with Gasteiger partial charge in [0, 0.05) is 31.9 Å². The van der Waals surface area contributed by atoms with Crippen LogP contribution >= 0.6 is 0 Å². The summed E-state index contributed by atoms with van der Waals surface area (Å²) in [4.78, 5) is 5.19. The first-order valence-electron chi connectivity index (χ1n) is 8.44. The molecule has 0 atom stereocenters. The Labute approximate surface area is 123 Å². The molecule has 2 heteroatoms. The summed E-state index contributed by atoms with van der Waals surface area (Å²) in [5.74, 6) is 0. The van der Waals surface area contributed by atoms with E-state index < -0.39 is 0 Å². The highest BCUT2D eigenvalue weighted by molar-refractivity contribution is 5.60. The quantitative estimate of drug-likeness (QED) is 0.833. The van der Waals surface area contributed by atoms with Crippen LogP contribution in [0.4, 0.5) is 5.69 Å². The number of nitrogens with zero attached hydrogens (tertiary/aromatic N) is 2. The van der Waals surface area contributed by atoms with E-state index in [1.54, 1.807) is 22.4 Å². The second-order valence-corrected chi connectivity index (χ2v) is 6.18. The summed E-state index contributed by atoms with van der Waals surface area (Å²) < 4.78 is 0. The van der Waals surface area contributed by atoms with Gasteiger partial charge in [-0.2, -0.15) is 0 Å². The zero-order chi connectivity index (χ0) is 13.9. The number of aryl methyl sites for hydroxylation is 1. The predicted molar refractivity (Wildman–Crippen MR) is 86.8 cm³/mol. The van der Waals surface area contributed by atoms with Crippen LogP contribution in [0.3, 0.4) is 0 Å². The van der Waals surface area contributed by atoms with Crippen LogP contribution in [-0.4, -0.2) is 37.6 Å². The smallest absolute Gasteiger partial charge is 0.0402 e. The van der Waals surface area contributed by atoms with Gasteiger partial charge in [0.2, 0.25) is 0 Å². The van der Waals surface area contributed by atoms with Crippen LogP contribution < -0.4 is 4.90 Å². The van der Waals surface area contributed by atoms with Crippen LogP contribution in [-0.2, 0) is 19.3 Å². The van der Waals surface area contributed by atoms with Crippen molar-refractivity contribution in [3.05, 3.63) is 28.8 Å². The lowest BCUT2D eigenvalue weighted by molar-refractivity contribution is 0.271. The van der Waals surface area contributed by atoms with Crippen molar-refractivity contribution >= 4 is 5.69 Å². The lowest BCUT2D eigenvalue weighted by atomic mass is 9.86. The van der Waals surface area contributed by atoms with Crippen molar-refractivity contribution in [3.63, 3.8) is 0 Å². The van der Waals surface area contributed by atoms with E-state index in [9.17, 15) is 0 Å². The molecule has 2 nitrogen and oxygen atoms in total. The van der Waals surface area contributed by atoms with Crippen molar-refractivity contribution in [2.75, 3.05) is 37.6 Å². The Morgan fingerprint density at radius 3 is 2.25 bits per heavy atom. The van der Waals surface area contributed by atoms with Gasteiger partial charge >= 0.3 is 0 Å². The maximum Gasteiger partial charge on any atom is 0.0402 e. The molecule has 0 spiro atoms. The molecule has 1 saturated heterocycles. The maximum absolute atomic E-state index is 2.63. The summed E-state index contributed by atoms with van der Waals surface area (Å²) in [6, 6.07) is 4.80. The Hall–Kier alpha value is -1.02. The van der Waals surface area contributed by atoms with Gasteiger partial charge in [0.15, 0.2) is 0 Å². The molecular weight excluding hydrogens is 244 g/mol. The van der Waals surface area contributed by atoms with Crippen molar-refractivity contribution < 1.29 is 0 Å². The van der Waals surface area contributed by atoms with E-state index in [2.05, 4.69) is 35.8 Å². The van der Waals surface area contributed by atoms with Crippen molar-refractivity contribution in [2.24, 2.45) is 0 Å². The minimum Gasteiger partial charge on any atom is -0.369 e. The van der Waals surface area contributed by atoms with Gasteiger partial charge < -0.3 is 9.80 Å². The molecule has 0 amide bonds. The fraction of sp³-hybridized carbons (Fsp3) is 0.667. The minimum absolute atomic E-state index is 1.19. The van der Waals surface area contributed by atoms with Crippen LogP contribution in [0, 0.1) is 0 Å².